The summed E-state index contributed by atoms with van der Waals surface area (Å²) in [6.07, 6.45) is 1.73. The van der Waals surface area contributed by atoms with Crippen molar-refractivity contribution in [2.75, 3.05) is 5.32 Å². The fourth-order valence-corrected chi connectivity index (χ4v) is 2.00. The molecule has 0 fully saturated rings. The number of rotatable bonds is 4. The number of carbonyl (C=O) groups excluding carboxylic acids is 1. The zero-order valence-corrected chi connectivity index (χ0v) is 11.9. The Bertz CT molecular complexity index is 900. The normalized spacial score (nSPS) is 11.0. The zero-order valence-electron chi connectivity index (χ0n) is 11.9. The van der Waals surface area contributed by atoms with Crippen LogP contribution in [0.3, 0.4) is 0 Å². The highest BCUT2D eigenvalue weighted by Gasteiger charge is 2.06. The number of carbonyl (C=O) groups is 2. The van der Waals surface area contributed by atoms with Crippen molar-refractivity contribution in [3.63, 3.8) is 0 Å². The number of aromatic nitrogens is 3. The summed E-state index contributed by atoms with van der Waals surface area (Å²) in [5.74, 6) is -1.70. The SMILES string of the molecule is O=C(O)C=CC(=O)Nc1ccc2nn(-c3ccccc3)nc2c1. The lowest BCUT2D eigenvalue weighted by Gasteiger charge is -2.00. The summed E-state index contributed by atoms with van der Waals surface area (Å²) in [4.78, 5) is 23.5. The fourth-order valence-electron chi connectivity index (χ4n) is 2.00. The highest BCUT2D eigenvalue weighted by Crippen LogP contribution is 2.17. The van der Waals surface area contributed by atoms with E-state index in [9.17, 15) is 9.59 Å². The van der Waals surface area contributed by atoms with Gasteiger partial charge in [-0.2, -0.15) is 4.80 Å². The van der Waals surface area contributed by atoms with Crippen LogP contribution in [-0.4, -0.2) is 32.0 Å². The number of carboxylic acids is 1. The molecule has 1 heterocycles. The number of hydrogen-bond acceptors (Lipinski definition) is 4. The second kappa shape index (κ2) is 6.10. The van der Waals surface area contributed by atoms with Crippen LogP contribution in [0.25, 0.3) is 16.7 Å². The summed E-state index contributed by atoms with van der Waals surface area (Å²) in [5.41, 5.74) is 2.65. The Morgan fingerprint density at radius 3 is 2.48 bits per heavy atom. The van der Waals surface area contributed by atoms with Gasteiger partial charge in [-0.25, -0.2) is 4.79 Å². The minimum atomic E-state index is -1.18. The minimum Gasteiger partial charge on any atom is -0.478 e. The van der Waals surface area contributed by atoms with Gasteiger partial charge in [0.2, 0.25) is 5.91 Å². The largest absolute Gasteiger partial charge is 0.478 e. The Hall–Kier alpha value is -3.48. The van der Waals surface area contributed by atoms with Crippen LogP contribution in [0.5, 0.6) is 0 Å². The standard InChI is InChI=1S/C16H12N4O3/c21-15(8-9-16(22)23)17-11-6-7-13-14(10-11)19-20(18-13)12-4-2-1-3-5-12/h1-10H,(H,17,21)(H,22,23). The van der Waals surface area contributed by atoms with Gasteiger partial charge >= 0.3 is 5.97 Å². The van der Waals surface area contributed by atoms with E-state index in [2.05, 4.69) is 15.5 Å². The number of amides is 1. The first-order chi connectivity index (χ1) is 11.1. The molecule has 0 unspecified atom stereocenters. The summed E-state index contributed by atoms with van der Waals surface area (Å²) in [6.45, 7) is 0. The van der Waals surface area contributed by atoms with E-state index in [1.165, 1.54) is 4.80 Å². The lowest BCUT2D eigenvalue weighted by Crippen LogP contribution is -2.08. The van der Waals surface area contributed by atoms with Crippen LogP contribution in [0.2, 0.25) is 0 Å². The first kappa shape index (κ1) is 14.5. The number of benzene rings is 2. The third kappa shape index (κ3) is 3.41. The van der Waals surface area contributed by atoms with Crippen molar-refractivity contribution in [1.82, 2.24) is 15.0 Å². The Morgan fingerprint density at radius 2 is 1.74 bits per heavy atom. The summed E-state index contributed by atoms with van der Waals surface area (Å²) in [6, 6.07) is 14.6. The van der Waals surface area contributed by atoms with Gasteiger partial charge in [-0.3, -0.25) is 4.79 Å². The van der Waals surface area contributed by atoms with Crippen molar-refractivity contribution in [3.05, 3.63) is 60.7 Å². The maximum atomic E-state index is 11.6. The molecule has 3 aromatic rings. The molecule has 0 bridgehead atoms. The Kier molecular flexibility index (Phi) is 3.84. The molecule has 0 saturated carbocycles. The summed E-state index contributed by atoms with van der Waals surface area (Å²) in [5, 5.41) is 19.8. The van der Waals surface area contributed by atoms with E-state index in [1.807, 2.05) is 30.3 Å². The molecule has 0 aliphatic heterocycles. The number of nitrogens with one attached hydrogen (secondary N) is 1. The van der Waals surface area contributed by atoms with E-state index in [1.54, 1.807) is 18.2 Å². The quantitative estimate of drug-likeness (QED) is 0.718. The second-order valence-corrected chi connectivity index (χ2v) is 4.69. The van der Waals surface area contributed by atoms with Crippen LogP contribution in [0.1, 0.15) is 0 Å². The van der Waals surface area contributed by atoms with E-state index >= 15 is 0 Å². The monoisotopic (exact) mass is 308 g/mol. The summed E-state index contributed by atoms with van der Waals surface area (Å²) >= 11 is 0. The van der Waals surface area contributed by atoms with Gasteiger partial charge in [-0.1, -0.05) is 18.2 Å². The van der Waals surface area contributed by atoms with Crippen molar-refractivity contribution in [2.45, 2.75) is 0 Å². The molecule has 0 radical (unpaired) electrons. The predicted octanol–water partition coefficient (Wildman–Crippen LogP) is 2.00. The molecule has 23 heavy (non-hydrogen) atoms. The average molecular weight is 308 g/mol. The number of carboxylic acid groups (broad SMARTS) is 1. The average Bonchev–Trinajstić information content (AvgIpc) is 2.97. The Labute approximate surface area is 130 Å². The molecule has 0 aliphatic rings. The van der Waals surface area contributed by atoms with Gasteiger partial charge in [0.05, 0.1) is 5.69 Å². The molecular formula is C16H12N4O3. The molecule has 0 saturated heterocycles. The first-order valence-corrected chi connectivity index (χ1v) is 6.76. The van der Waals surface area contributed by atoms with E-state index < -0.39 is 11.9 Å². The first-order valence-electron chi connectivity index (χ1n) is 6.76. The third-order valence-corrected chi connectivity index (χ3v) is 3.01. The van der Waals surface area contributed by atoms with Crippen molar-refractivity contribution < 1.29 is 14.7 Å². The number of fused-ring (bicyclic) bond motifs is 1. The van der Waals surface area contributed by atoms with Gasteiger partial charge in [-0.15, -0.1) is 10.2 Å². The molecule has 7 heteroatoms. The van der Waals surface area contributed by atoms with E-state index in [0.29, 0.717) is 16.7 Å². The van der Waals surface area contributed by atoms with Gasteiger partial charge in [0.25, 0.3) is 0 Å². The van der Waals surface area contributed by atoms with E-state index in [-0.39, 0.29) is 0 Å². The van der Waals surface area contributed by atoms with Crippen molar-refractivity contribution in [2.24, 2.45) is 0 Å². The number of anilines is 1. The Morgan fingerprint density at radius 1 is 1.00 bits per heavy atom. The van der Waals surface area contributed by atoms with Crippen LogP contribution in [0.15, 0.2) is 60.7 Å². The van der Waals surface area contributed by atoms with Crippen LogP contribution >= 0.6 is 0 Å². The van der Waals surface area contributed by atoms with Gasteiger partial charge in [0, 0.05) is 17.8 Å². The molecule has 1 aromatic heterocycles. The van der Waals surface area contributed by atoms with Crippen LogP contribution in [0, 0.1) is 0 Å². The maximum Gasteiger partial charge on any atom is 0.328 e. The molecule has 0 aliphatic carbocycles. The zero-order chi connectivity index (χ0) is 16.2. The maximum absolute atomic E-state index is 11.6. The molecule has 0 spiro atoms. The molecule has 114 valence electrons. The van der Waals surface area contributed by atoms with Gasteiger partial charge in [-0.05, 0) is 30.3 Å². The lowest BCUT2D eigenvalue weighted by molar-refractivity contribution is -0.131. The van der Waals surface area contributed by atoms with Gasteiger partial charge in [0.15, 0.2) is 0 Å². The third-order valence-electron chi connectivity index (χ3n) is 3.01. The highest BCUT2D eigenvalue weighted by atomic mass is 16.4. The van der Waals surface area contributed by atoms with E-state index in [4.69, 9.17) is 5.11 Å². The summed E-state index contributed by atoms with van der Waals surface area (Å²) in [7, 11) is 0. The molecule has 2 N–H and O–H groups in total. The van der Waals surface area contributed by atoms with Crippen molar-refractivity contribution >= 4 is 28.6 Å². The molecular weight excluding hydrogens is 296 g/mol. The molecule has 7 nitrogen and oxygen atoms in total. The molecule has 1 amide bonds. The van der Waals surface area contributed by atoms with Crippen LogP contribution < -0.4 is 5.32 Å². The number of nitrogens with zero attached hydrogens (tertiary/aromatic N) is 3. The van der Waals surface area contributed by atoms with Crippen LogP contribution in [0.4, 0.5) is 5.69 Å². The number of aliphatic carboxylic acids is 1. The topological polar surface area (TPSA) is 97.1 Å². The smallest absolute Gasteiger partial charge is 0.328 e. The fraction of sp³-hybridized carbons (Fsp3) is 0. The summed E-state index contributed by atoms with van der Waals surface area (Å²) < 4.78 is 0. The second-order valence-electron chi connectivity index (χ2n) is 4.69. The number of para-hydroxylation sites is 1. The highest BCUT2D eigenvalue weighted by molar-refractivity contribution is 6.03. The van der Waals surface area contributed by atoms with Crippen molar-refractivity contribution in [3.8, 4) is 5.69 Å². The van der Waals surface area contributed by atoms with Gasteiger partial charge < -0.3 is 10.4 Å². The van der Waals surface area contributed by atoms with E-state index in [0.717, 1.165) is 17.8 Å². The molecule has 0 atom stereocenters. The minimum absolute atomic E-state index is 0.512. The van der Waals surface area contributed by atoms with Gasteiger partial charge in [0.1, 0.15) is 11.0 Å². The predicted molar refractivity (Wildman–Crippen MR) is 84.3 cm³/mol. The lowest BCUT2D eigenvalue weighted by atomic mass is 10.2. The Balaban J connectivity index is 1.85. The molecule has 2 aromatic carbocycles. The number of hydrogen-bond donors (Lipinski definition) is 2. The van der Waals surface area contributed by atoms with Crippen LogP contribution in [-0.2, 0) is 9.59 Å². The van der Waals surface area contributed by atoms with Crippen molar-refractivity contribution in [1.29, 1.82) is 0 Å². The molecule has 3 rings (SSSR count).